The average Bonchev–Trinajstić information content (AvgIpc) is 1.35. The van der Waals surface area contributed by atoms with E-state index in [1.54, 1.807) is 0 Å². The molecular weight excluding hydrogens is 107 g/mol. The Labute approximate surface area is 63.6 Å². The summed E-state index contributed by atoms with van der Waals surface area (Å²) in [6.07, 6.45) is -0.153. The summed E-state index contributed by atoms with van der Waals surface area (Å²) in [6, 6.07) is 0. The largest absolute Gasteiger partial charge is 0.481 e. The van der Waals surface area contributed by atoms with Crippen LogP contribution in [0, 0.1) is 0 Å². The Morgan fingerprint density at radius 3 is 2.00 bits per heavy atom. The van der Waals surface area contributed by atoms with E-state index in [1.165, 1.54) is 0 Å². The van der Waals surface area contributed by atoms with E-state index in [2.05, 4.69) is 0 Å². The molecule has 0 aliphatic rings. The van der Waals surface area contributed by atoms with Crippen LogP contribution in [0.3, 0.4) is 0 Å². The molecule has 3 nitrogen and oxygen atoms in total. The summed E-state index contributed by atoms with van der Waals surface area (Å²) in [5.41, 5.74) is 0. The second-order valence-corrected chi connectivity index (χ2v) is 0.867. The van der Waals surface area contributed by atoms with E-state index in [4.69, 9.17) is 10.2 Å². The average molecular weight is 113 g/mol. The van der Waals surface area contributed by atoms with Crippen LogP contribution in [-0.4, -0.2) is 52.3 Å². The molecule has 0 saturated carbocycles. The maximum Gasteiger partial charge on any atom is 0.305 e. The van der Waals surface area contributed by atoms with E-state index in [0.29, 0.717) is 0 Å². The molecule has 0 aromatic carbocycles. The first-order valence-electron chi connectivity index (χ1n) is 1.60. The van der Waals surface area contributed by atoms with Crippen molar-refractivity contribution in [3.05, 3.63) is 0 Å². The monoisotopic (exact) mass is 113 g/mol. The number of hydrogen-bond donors (Lipinski definition) is 2. The number of aliphatic hydroxyl groups is 1. The Bertz CT molecular complexity index is 54.1. The summed E-state index contributed by atoms with van der Waals surface area (Å²) in [5.74, 6) is -0.961. The van der Waals surface area contributed by atoms with Crippen molar-refractivity contribution >= 4 is 35.5 Å². The number of hydrogen-bond acceptors (Lipinski definition) is 2. The second-order valence-electron chi connectivity index (χ2n) is 0.867. The number of rotatable bonds is 2. The van der Waals surface area contributed by atoms with E-state index in [0.717, 1.165) is 0 Å². The van der Waals surface area contributed by atoms with Gasteiger partial charge in [0.1, 0.15) is 0 Å². The zero-order chi connectivity index (χ0) is 4.99. The molecule has 0 amide bonds. The Morgan fingerprint density at radius 1 is 1.57 bits per heavy atom. The van der Waals surface area contributed by atoms with Gasteiger partial charge in [-0.2, -0.15) is 0 Å². The van der Waals surface area contributed by atoms with Gasteiger partial charge in [0, 0.05) is 29.6 Å². The van der Waals surface area contributed by atoms with Crippen molar-refractivity contribution in [1.82, 2.24) is 0 Å². The van der Waals surface area contributed by atoms with Gasteiger partial charge in [-0.1, -0.05) is 0 Å². The molecule has 0 saturated heterocycles. The van der Waals surface area contributed by atoms with E-state index in [9.17, 15) is 4.79 Å². The van der Waals surface area contributed by atoms with E-state index >= 15 is 0 Å². The molecule has 0 aliphatic heterocycles. The van der Waals surface area contributed by atoms with Crippen LogP contribution in [-0.2, 0) is 4.79 Å². The fourth-order valence-electron chi connectivity index (χ4n) is 0.0956. The van der Waals surface area contributed by atoms with Crippen LogP contribution in [0.1, 0.15) is 6.42 Å². The minimum Gasteiger partial charge on any atom is -0.481 e. The maximum absolute atomic E-state index is 9.44. The Kier molecular flexibility index (Phi) is 9.57. The topological polar surface area (TPSA) is 57.5 Å². The van der Waals surface area contributed by atoms with E-state index < -0.39 is 5.97 Å². The van der Waals surface area contributed by atoms with Gasteiger partial charge in [-0.15, -0.1) is 0 Å². The van der Waals surface area contributed by atoms with Crippen molar-refractivity contribution in [3.63, 3.8) is 0 Å². The number of aliphatic hydroxyl groups excluding tert-OH is 1. The van der Waals surface area contributed by atoms with Gasteiger partial charge in [0.05, 0.1) is 13.0 Å². The van der Waals surface area contributed by atoms with Gasteiger partial charge >= 0.3 is 5.97 Å². The van der Waals surface area contributed by atoms with Crippen LogP contribution >= 0.6 is 0 Å². The predicted octanol–water partition coefficient (Wildman–Crippen LogP) is -0.927. The first-order valence-corrected chi connectivity index (χ1v) is 1.60. The van der Waals surface area contributed by atoms with Crippen LogP contribution in [0.4, 0.5) is 0 Å². The molecule has 1 radical (unpaired) electrons. The normalized spacial score (nSPS) is 7.00. The van der Waals surface area contributed by atoms with Crippen LogP contribution < -0.4 is 0 Å². The van der Waals surface area contributed by atoms with E-state index in [-0.39, 0.29) is 42.6 Å². The molecule has 2 N–H and O–H groups in total. The summed E-state index contributed by atoms with van der Waals surface area (Å²) in [5, 5.41) is 15.6. The molecule has 0 spiro atoms. The molecule has 37 valence electrons. The Morgan fingerprint density at radius 2 is 2.00 bits per heavy atom. The molecule has 0 bridgehead atoms. The first kappa shape index (κ1) is 10.4. The molecule has 7 heavy (non-hydrogen) atoms. The standard InChI is InChI=1S/C3H6O3.Na/c4-2-1-3(5)6;/h4H,1-2H2,(H,5,6);. The number of carboxylic acid groups (broad SMARTS) is 1. The molecule has 0 heterocycles. The summed E-state index contributed by atoms with van der Waals surface area (Å²) < 4.78 is 0. The van der Waals surface area contributed by atoms with Crippen molar-refractivity contribution in [3.8, 4) is 0 Å². The van der Waals surface area contributed by atoms with Gasteiger partial charge in [-0.05, 0) is 0 Å². The molecule has 0 aromatic rings. The molecule has 0 aromatic heterocycles. The Hall–Kier alpha value is 0.430. The fourth-order valence-corrected chi connectivity index (χ4v) is 0.0956. The van der Waals surface area contributed by atoms with Crippen molar-refractivity contribution in [2.75, 3.05) is 6.61 Å². The third kappa shape index (κ3) is 10.7. The minimum absolute atomic E-state index is 0. The van der Waals surface area contributed by atoms with Crippen LogP contribution in [0.25, 0.3) is 0 Å². The number of aliphatic carboxylic acids is 1. The second kappa shape index (κ2) is 6.43. The summed E-state index contributed by atoms with van der Waals surface area (Å²) in [6.45, 7) is -0.269. The molecule has 0 atom stereocenters. The van der Waals surface area contributed by atoms with Gasteiger partial charge in [0.15, 0.2) is 0 Å². The Balaban J connectivity index is 0. The fraction of sp³-hybridized carbons (Fsp3) is 0.667. The quantitative estimate of drug-likeness (QED) is 0.455. The summed E-state index contributed by atoms with van der Waals surface area (Å²) >= 11 is 0. The molecule has 0 aliphatic carbocycles. The molecule has 0 fully saturated rings. The smallest absolute Gasteiger partial charge is 0.305 e. The summed E-state index contributed by atoms with van der Waals surface area (Å²) in [4.78, 5) is 9.44. The van der Waals surface area contributed by atoms with Crippen LogP contribution in [0.2, 0.25) is 0 Å². The zero-order valence-electron chi connectivity index (χ0n) is 4.22. The van der Waals surface area contributed by atoms with Gasteiger partial charge in [0.2, 0.25) is 0 Å². The molecule has 0 unspecified atom stereocenters. The van der Waals surface area contributed by atoms with Crippen LogP contribution in [0.5, 0.6) is 0 Å². The zero-order valence-corrected chi connectivity index (χ0v) is 6.22. The molecular formula is C3H6NaO3. The van der Waals surface area contributed by atoms with Gasteiger partial charge in [0.25, 0.3) is 0 Å². The van der Waals surface area contributed by atoms with Gasteiger partial charge in [-0.25, -0.2) is 0 Å². The molecule has 0 rings (SSSR count). The third-order valence-electron chi connectivity index (χ3n) is 0.326. The van der Waals surface area contributed by atoms with Gasteiger partial charge < -0.3 is 10.2 Å². The van der Waals surface area contributed by atoms with Crippen LogP contribution in [0.15, 0.2) is 0 Å². The minimum atomic E-state index is -0.961. The SMILES string of the molecule is O=C(O)CCO.[Na]. The summed E-state index contributed by atoms with van der Waals surface area (Å²) in [7, 11) is 0. The number of carboxylic acids is 1. The van der Waals surface area contributed by atoms with E-state index in [1.807, 2.05) is 0 Å². The number of carbonyl (C=O) groups is 1. The third-order valence-corrected chi connectivity index (χ3v) is 0.326. The molecule has 4 heteroatoms. The maximum atomic E-state index is 9.44. The van der Waals surface area contributed by atoms with Crippen molar-refractivity contribution in [2.24, 2.45) is 0 Å². The van der Waals surface area contributed by atoms with Crippen molar-refractivity contribution in [2.45, 2.75) is 6.42 Å². The van der Waals surface area contributed by atoms with Gasteiger partial charge in [-0.3, -0.25) is 4.79 Å². The van der Waals surface area contributed by atoms with Crippen molar-refractivity contribution < 1.29 is 15.0 Å². The predicted molar refractivity (Wildman–Crippen MR) is 25.1 cm³/mol. The first-order chi connectivity index (χ1) is 2.77. The van der Waals surface area contributed by atoms with Crippen molar-refractivity contribution in [1.29, 1.82) is 0 Å².